The summed E-state index contributed by atoms with van der Waals surface area (Å²) in [5, 5.41) is 11.8. The molecule has 4 aromatic heterocycles. The Balaban J connectivity index is 1.38. The summed E-state index contributed by atoms with van der Waals surface area (Å²) in [5.41, 5.74) is 4.70. The SMILES string of the molecule is CC(C)(C)c1nnc2c(C(=O)NCCCc3nc4ccccc4[nH]3)cc(-c3ccncc3)cn12. The first kappa shape index (κ1) is 21.8. The van der Waals surface area contributed by atoms with E-state index < -0.39 is 0 Å². The summed E-state index contributed by atoms with van der Waals surface area (Å²) >= 11 is 0. The summed E-state index contributed by atoms with van der Waals surface area (Å²) in [6.45, 7) is 6.78. The molecular formula is C26H27N7O. The maximum atomic E-state index is 13.2. The van der Waals surface area contributed by atoms with Gasteiger partial charge in [0.1, 0.15) is 11.6 Å². The van der Waals surface area contributed by atoms with Crippen LogP contribution in [-0.2, 0) is 11.8 Å². The van der Waals surface area contributed by atoms with Crippen molar-refractivity contribution in [2.45, 2.75) is 39.0 Å². The van der Waals surface area contributed by atoms with Crippen molar-refractivity contribution in [3.63, 3.8) is 0 Å². The number of imidazole rings is 1. The maximum Gasteiger partial charge on any atom is 0.255 e. The van der Waals surface area contributed by atoms with Crippen molar-refractivity contribution in [3.05, 3.63) is 78.3 Å². The Morgan fingerprint density at radius 1 is 1.06 bits per heavy atom. The average molecular weight is 454 g/mol. The lowest BCUT2D eigenvalue weighted by atomic mass is 9.95. The van der Waals surface area contributed by atoms with E-state index in [4.69, 9.17) is 0 Å². The van der Waals surface area contributed by atoms with Gasteiger partial charge in [-0.3, -0.25) is 14.2 Å². The summed E-state index contributed by atoms with van der Waals surface area (Å²) in [7, 11) is 0. The molecule has 34 heavy (non-hydrogen) atoms. The van der Waals surface area contributed by atoms with E-state index in [2.05, 4.69) is 51.2 Å². The van der Waals surface area contributed by atoms with Crippen LogP contribution in [0.3, 0.4) is 0 Å². The van der Waals surface area contributed by atoms with Crippen molar-refractivity contribution in [3.8, 4) is 11.1 Å². The summed E-state index contributed by atoms with van der Waals surface area (Å²) < 4.78 is 1.93. The van der Waals surface area contributed by atoms with Gasteiger partial charge in [0.05, 0.1) is 16.6 Å². The summed E-state index contributed by atoms with van der Waals surface area (Å²) in [4.78, 5) is 25.3. The molecule has 1 aromatic carbocycles. The molecule has 5 rings (SSSR count). The maximum absolute atomic E-state index is 13.2. The van der Waals surface area contributed by atoms with E-state index in [9.17, 15) is 4.79 Å². The predicted octanol–water partition coefficient (Wildman–Crippen LogP) is 4.33. The Kier molecular flexibility index (Phi) is 5.57. The Bertz CT molecular complexity index is 1430. The number of para-hydroxylation sites is 2. The number of rotatable bonds is 6. The number of carbonyl (C=O) groups excluding carboxylic acids is 1. The van der Waals surface area contributed by atoms with Gasteiger partial charge in [-0.2, -0.15) is 0 Å². The third-order valence-corrected chi connectivity index (χ3v) is 5.75. The monoisotopic (exact) mass is 453 g/mol. The normalized spacial score (nSPS) is 11.9. The molecule has 4 heterocycles. The number of benzene rings is 1. The van der Waals surface area contributed by atoms with Gasteiger partial charge in [0.2, 0.25) is 0 Å². The lowest BCUT2D eigenvalue weighted by molar-refractivity contribution is 0.0954. The van der Waals surface area contributed by atoms with Gasteiger partial charge >= 0.3 is 0 Å². The van der Waals surface area contributed by atoms with Crippen molar-refractivity contribution < 1.29 is 4.79 Å². The zero-order valence-corrected chi connectivity index (χ0v) is 19.5. The Labute approximate surface area is 197 Å². The molecule has 0 aliphatic rings. The molecule has 0 saturated carbocycles. The number of aromatic amines is 1. The van der Waals surface area contributed by atoms with Gasteiger partial charge in [0.15, 0.2) is 5.65 Å². The molecule has 8 heteroatoms. The molecule has 0 radical (unpaired) electrons. The standard InChI is InChI=1S/C26H27N7O/c1-26(2,3)25-32-31-23-19(15-18(16-33(23)25)17-10-13-27-14-11-17)24(34)28-12-6-9-22-29-20-7-4-5-8-21(20)30-22/h4-5,7-8,10-11,13-16H,6,9,12H2,1-3H3,(H,28,34)(H,29,30). The van der Waals surface area contributed by atoms with Crippen LogP contribution in [0.15, 0.2) is 61.1 Å². The molecule has 0 spiro atoms. The molecule has 172 valence electrons. The van der Waals surface area contributed by atoms with Gasteiger partial charge in [-0.15, -0.1) is 10.2 Å². The molecule has 0 saturated heterocycles. The van der Waals surface area contributed by atoms with E-state index >= 15 is 0 Å². The quantitative estimate of drug-likeness (QED) is 0.373. The largest absolute Gasteiger partial charge is 0.352 e. The number of aromatic nitrogens is 6. The smallest absolute Gasteiger partial charge is 0.255 e. The molecule has 0 aliphatic carbocycles. The Morgan fingerprint density at radius 3 is 2.62 bits per heavy atom. The van der Waals surface area contributed by atoms with Crippen molar-refractivity contribution in [2.75, 3.05) is 6.54 Å². The van der Waals surface area contributed by atoms with Crippen LogP contribution in [-0.4, -0.2) is 42.0 Å². The van der Waals surface area contributed by atoms with Crippen molar-refractivity contribution in [2.24, 2.45) is 0 Å². The van der Waals surface area contributed by atoms with Crippen LogP contribution in [0.5, 0.6) is 0 Å². The average Bonchev–Trinajstić information content (AvgIpc) is 3.45. The number of amides is 1. The number of aryl methyl sites for hydroxylation is 1. The van der Waals surface area contributed by atoms with Gasteiger partial charge < -0.3 is 10.3 Å². The number of pyridine rings is 2. The molecule has 0 unspecified atom stereocenters. The Morgan fingerprint density at radius 2 is 1.85 bits per heavy atom. The molecular weight excluding hydrogens is 426 g/mol. The van der Waals surface area contributed by atoms with E-state index in [1.807, 2.05) is 53.1 Å². The van der Waals surface area contributed by atoms with Gasteiger partial charge in [0.25, 0.3) is 5.91 Å². The number of hydrogen-bond acceptors (Lipinski definition) is 5. The van der Waals surface area contributed by atoms with Gasteiger partial charge in [-0.1, -0.05) is 32.9 Å². The van der Waals surface area contributed by atoms with E-state index in [1.54, 1.807) is 12.4 Å². The van der Waals surface area contributed by atoms with Crippen LogP contribution in [0.4, 0.5) is 0 Å². The number of hydrogen-bond donors (Lipinski definition) is 2. The topological polar surface area (TPSA) is 101 Å². The summed E-state index contributed by atoms with van der Waals surface area (Å²) in [6.07, 6.45) is 7.00. The molecule has 1 amide bonds. The molecule has 8 nitrogen and oxygen atoms in total. The number of carbonyl (C=O) groups is 1. The zero-order valence-electron chi connectivity index (χ0n) is 19.5. The van der Waals surface area contributed by atoms with Crippen LogP contribution in [0.25, 0.3) is 27.8 Å². The van der Waals surface area contributed by atoms with E-state index in [-0.39, 0.29) is 11.3 Å². The second-order valence-electron chi connectivity index (χ2n) is 9.41. The first-order chi connectivity index (χ1) is 16.4. The highest BCUT2D eigenvalue weighted by atomic mass is 16.1. The summed E-state index contributed by atoms with van der Waals surface area (Å²) in [5.74, 6) is 1.56. The molecule has 0 atom stereocenters. The number of nitrogens with zero attached hydrogens (tertiary/aromatic N) is 5. The molecule has 2 N–H and O–H groups in total. The van der Waals surface area contributed by atoms with Crippen LogP contribution >= 0.6 is 0 Å². The van der Waals surface area contributed by atoms with E-state index in [0.29, 0.717) is 17.8 Å². The third-order valence-electron chi connectivity index (χ3n) is 5.75. The fourth-order valence-electron chi connectivity index (χ4n) is 4.05. The first-order valence-corrected chi connectivity index (χ1v) is 11.4. The van der Waals surface area contributed by atoms with E-state index in [0.717, 1.165) is 46.7 Å². The van der Waals surface area contributed by atoms with Crippen LogP contribution in [0.1, 0.15) is 49.2 Å². The van der Waals surface area contributed by atoms with Crippen molar-refractivity contribution in [1.82, 2.24) is 34.9 Å². The minimum absolute atomic E-state index is 0.168. The fourth-order valence-corrected chi connectivity index (χ4v) is 4.05. The molecule has 0 bridgehead atoms. The van der Waals surface area contributed by atoms with Gasteiger partial charge in [-0.25, -0.2) is 4.98 Å². The minimum Gasteiger partial charge on any atom is -0.352 e. The second-order valence-corrected chi connectivity index (χ2v) is 9.41. The molecule has 0 aliphatic heterocycles. The van der Waals surface area contributed by atoms with Crippen molar-refractivity contribution in [1.29, 1.82) is 0 Å². The molecule has 5 aromatic rings. The van der Waals surface area contributed by atoms with Crippen LogP contribution in [0, 0.1) is 0 Å². The third kappa shape index (κ3) is 4.26. The second kappa shape index (κ2) is 8.70. The highest BCUT2D eigenvalue weighted by molar-refractivity contribution is 6.01. The number of nitrogens with one attached hydrogen (secondary N) is 2. The highest BCUT2D eigenvalue weighted by Crippen LogP contribution is 2.27. The minimum atomic E-state index is -0.226. The van der Waals surface area contributed by atoms with Crippen molar-refractivity contribution >= 4 is 22.6 Å². The summed E-state index contributed by atoms with van der Waals surface area (Å²) in [6, 6.07) is 13.7. The zero-order chi connectivity index (χ0) is 23.7. The first-order valence-electron chi connectivity index (χ1n) is 11.4. The Hall–Kier alpha value is -4.07. The van der Waals surface area contributed by atoms with Crippen LogP contribution in [0.2, 0.25) is 0 Å². The molecule has 0 fully saturated rings. The lowest BCUT2D eigenvalue weighted by Gasteiger charge is -2.17. The van der Waals surface area contributed by atoms with Crippen LogP contribution < -0.4 is 5.32 Å². The lowest BCUT2D eigenvalue weighted by Crippen LogP contribution is -2.26. The van der Waals surface area contributed by atoms with Gasteiger partial charge in [-0.05, 0) is 47.9 Å². The number of fused-ring (bicyclic) bond motifs is 2. The predicted molar refractivity (Wildman–Crippen MR) is 132 cm³/mol. The highest BCUT2D eigenvalue weighted by Gasteiger charge is 2.24. The van der Waals surface area contributed by atoms with Gasteiger partial charge in [0, 0.05) is 37.0 Å². The van der Waals surface area contributed by atoms with E-state index in [1.165, 1.54) is 0 Å². The fraction of sp³-hybridized carbons (Fsp3) is 0.269. The number of H-pyrrole nitrogens is 1.